The molecule has 5 nitrogen and oxygen atoms in total. The average Bonchev–Trinajstić information content (AvgIpc) is 2.67. The van der Waals surface area contributed by atoms with Crippen molar-refractivity contribution in [1.29, 1.82) is 0 Å². The molecule has 144 valence electrons. The quantitative estimate of drug-likeness (QED) is 0.746. The minimum atomic E-state index is -0.0982. The summed E-state index contributed by atoms with van der Waals surface area (Å²) in [6.45, 7) is 10.7. The fourth-order valence-corrected chi connectivity index (χ4v) is 3.80. The maximum Gasteiger partial charge on any atom is 0.242 e. The van der Waals surface area contributed by atoms with Crippen molar-refractivity contribution in [3.63, 3.8) is 0 Å². The van der Waals surface area contributed by atoms with Crippen molar-refractivity contribution in [2.75, 3.05) is 36.0 Å². The van der Waals surface area contributed by atoms with Gasteiger partial charge in [0.2, 0.25) is 11.8 Å². The molecule has 1 aromatic carbocycles. The Hall–Kier alpha value is -2.04. The molecule has 1 fully saturated rings. The largest absolute Gasteiger partial charge is 0.372 e. The number of hydrogen-bond acceptors (Lipinski definition) is 3. The van der Waals surface area contributed by atoms with Crippen LogP contribution >= 0.6 is 0 Å². The molecule has 2 rings (SSSR count). The first-order valence-corrected chi connectivity index (χ1v) is 9.94. The predicted octanol–water partition coefficient (Wildman–Crippen LogP) is 3.68. The van der Waals surface area contributed by atoms with Crippen molar-refractivity contribution < 1.29 is 9.59 Å². The van der Waals surface area contributed by atoms with E-state index >= 15 is 0 Å². The number of amides is 2. The molecule has 1 aromatic rings. The number of anilines is 2. The van der Waals surface area contributed by atoms with Crippen molar-refractivity contribution in [3.05, 3.63) is 24.3 Å². The lowest BCUT2D eigenvalue weighted by Gasteiger charge is -2.36. The molecule has 0 bridgehead atoms. The van der Waals surface area contributed by atoms with Gasteiger partial charge in [0.1, 0.15) is 6.54 Å². The van der Waals surface area contributed by atoms with Crippen LogP contribution < -0.4 is 9.80 Å². The Balaban J connectivity index is 2.13. The summed E-state index contributed by atoms with van der Waals surface area (Å²) in [4.78, 5) is 30.9. The monoisotopic (exact) mass is 359 g/mol. The first-order chi connectivity index (χ1) is 12.5. The highest BCUT2D eigenvalue weighted by Gasteiger charge is 2.27. The van der Waals surface area contributed by atoms with E-state index in [1.54, 1.807) is 4.90 Å². The molecule has 2 amide bonds. The van der Waals surface area contributed by atoms with E-state index in [9.17, 15) is 9.59 Å². The van der Waals surface area contributed by atoms with Crippen LogP contribution in [0.3, 0.4) is 0 Å². The van der Waals surface area contributed by atoms with E-state index in [1.165, 1.54) is 13.3 Å². The van der Waals surface area contributed by atoms with Crippen LogP contribution in [-0.4, -0.2) is 48.9 Å². The molecule has 0 saturated carbocycles. The van der Waals surface area contributed by atoms with Crippen molar-refractivity contribution in [1.82, 2.24) is 4.90 Å². The first kappa shape index (κ1) is 20.3. The van der Waals surface area contributed by atoms with Crippen LogP contribution in [0.2, 0.25) is 0 Å². The molecule has 1 atom stereocenters. The second-order valence-corrected chi connectivity index (χ2v) is 6.94. The number of piperidine rings is 1. The maximum absolute atomic E-state index is 12.8. The minimum absolute atomic E-state index is 0.0552. The van der Waals surface area contributed by atoms with E-state index in [4.69, 9.17) is 0 Å². The molecule has 26 heavy (non-hydrogen) atoms. The van der Waals surface area contributed by atoms with Gasteiger partial charge in [-0.2, -0.15) is 0 Å². The molecule has 5 heteroatoms. The summed E-state index contributed by atoms with van der Waals surface area (Å²) in [5, 5.41) is 0. The van der Waals surface area contributed by atoms with Gasteiger partial charge >= 0.3 is 0 Å². The molecule has 1 aliphatic heterocycles. The lowest BCUT2D eigenvalue weighted by Crippen LogP contribution is -2.48. The van der Waals surface area contributed by atoms with Gasteiger partial charge in [-0.15, -0.1) is 0 Å². The summed E-state index contributed by atoms with van der Waals surface area (Å²) in [6.07, 6.45) is 4.29. The van der Waals surface area contributed by atoms with E-state index in [2.05, 4.69) is 25.7 Å². The summed E-state index contributed by atoms with van der Waals surface area (Å²) in [5.41, 5.74) is 1.92. The molecule has 1 heterocycles. The Morgan fingerprint density at radius 1 is 1.04 bits per heavy atom. The number of benzene rings is 1. The molecular formula is C21H33N3O2. The van der Waals surface area contributed by atoms with Gasteiger partial charge in [-0.1, -0.05) is 6.92 Å². The van der Waals surface area contributed by atoms with Crippen LogP contribution in [0.15, 0.2) is 24.3 Å². The lowest BCUT2D eigenvalue weighted by atomic mass is 10.00. The van der Waals surface area contributed by atoms with Gasteiger partial charge in [0, 0.05) is 44.0 Å². The number of likely N-dealkylation sites (tertiary alicyclic amines) is 1. The van der Waals surface area contributed by atoms with Gasteiger partial charge in [-0.25, -0.2) is 0 Å². The Bertz CT molecular complexity index is 596. The average molecular weight is 360 g/mol. The van der Waals surface area contributed by atoms with Crippen molar-refractivity contribution in [3.8, 4) is 0 Å². The Kier molecular flexibility index (Phi) is 7.49. The highest BCUT2D eigenvalue weighted by molar-refractivity contribution is 5.97. The highest BCUT2D eigenvalue weighted by Crippen LogP contribution is 2.23. The summed E-state index contributed by atoms with van der Waals surface area (Å²) >= 11 is 0. The smallest absolute Gasteiger partial charge is 0.242 e. The molecular weight excluding hydrogens is 326 g/mol. The second-order valence-electron chi connectivity index (χ2n) is 6.94. The SMILES string of the molecule is CCC1CCCCN1C(=O)CN(C(C)=O)c1ccc(N(CC)CC)cc1. The zero-order valence-electron chi connectivity index (χ0n) is 16.7. The molecule has 0 aliphatic carbocycles. The Morgan fingerprint density at radius 2 is 1.65 bits per heavy atom. The number of rotatable bonds is 7. The molecule has 0 radical (unpaired) electrons. The Morgan fingerprint density at radius 3 is 2.19 bits per heavy atom. The Labute approximate surface area is 158 Å². The van der Waals surface area contributed by atoms with E-state index in [1.807, 2.05) is 29.2 Å². The van der Waals surface area contributed by atoms with Crippen molar-refractivity contribution in [2.45, 2.75) is 59.4 Å². The number of hydrogen-bond donors (Lipinski definition) is 0. The van der Waals surface area contributed by atoms with E-state index < -0.39 is 0 Å². The molecule has 0 N–H and O–H groups in total. The zero-order valence-corrected chi connectivity index (χ0v) is 16.7. The van der Waals surface area contributed by atoms with Crippen molar-refractivity contribution >= 4 is 23.2 Å². The van der Waals surface area contributed by atoms with Crippen LogP contribution in [-0.2, 0) is 9.59 Å². The van der Waals surface area contributed by atoms with Crippen LogP contribution in [0.25, 0.3) is 0 Å². The highest BCUT2D eigenvalue weighted by atomic mass is 16.2. The van der Waals surface area contributed by atoms with Gasteiger partial charge in [0.05, 0.1) is 0 Å². The van der Waals surface area contributed by atoms with Gasteiger partial charge < -0.3 is 14.7 Å². The van der Waals surface area contributed by atoms with E-state index in [-0.39, 0.29) is 18.4 Å². The lowest BCUT2D eigenvalue weighted by molar-refractivity contribution is -0.134. The van der Waals surface area contributed by atoms with Crippen LogP contribution in [0, 0.1) is 0 Å². The van der Waals surface area contributed by atoms with Crippen LogP contribution in [0.5, 0.6) is 0 Å². The summed E-state index contributed by atoms with van der Waals surface area (Å²) < 4.78 is 0. The number of carbonyl (C=O) groups is 2. The third kappa shape index (κ3) is 4.77. The topological polar surface area (TPSA) is 43.9 Å². The summed E-state index contributed by atoms with van der Waals surface area (Å²) in [5.74, 6) is -0.0430. The third-order valence-electron chi connectivity index (χ3n) is 5.38. The first-order valence-electron chi connectivity index (χ1n) is 9.94. The maximum atomic E-state index is 12.8. The summed E-state index contributed by atoms with van der Waals surface area (Å²) in [6, 6.07) is 8.25. The third-order valence-corrected chi connectivity index (χ3v) is 5.38. The van der Waals surface area contributed by atoms with Crippen LogP contribution in [0.4, 0.5) is 11.4 Å². The van der Waals surface area contributed by atoms with E-state index in [0.29, 0.717) is 6.04 Å². The summed E-state index contributed by atoms with van der Waals surface area (Å²) in [7, 11) is 0. The zero-order chi connectivity index (χ0) is 19.1. The number of nitrogens with zero attached hydrogens (tertiary/aromatic N) is 3. The minimum Gasteiger partial charge on any atom is -0.372 e. The molecule has 0 spiro atoms. The molecule has 1 aliphatic rings. The molecule has 1 saturated heterocycles. The predicted molar refractivity (Wildman–Crippen MR) is 108 cm³/mol. The fraction of sp³-hybridized carbons (Fsp3) is 0.619. The van der Waals surface area contributed by atoms with Crippen LogP contribution in [0.1, 0.15) is 53.4 Å². The fourth-order valence-electron chi connectivity index (χ4n) is 3.80. The van der Waals surface area contributed by atoms with Gasteiger partial charge in [-0.3, -0.25) is 9.59 Å². The van der Waals surface area contributed by atoms with E-state index in [0.717, 1.165) is 50.3 Å². The normalized spacial score (nSPS) is 17.1. The number of carbonyl (C=O) groups excluding carboxylic acids is 2. The molecule has 0 aromatic heterocycles. The van der Waals surface area contributed by atoms with Gasteiger partial charge in [0.15, 0.2) is 0 Å². The standard InChI is InChI=1S/C21H33N3O2/c1-5-18-10-8-9-15-23(18)21(26)16-24(17(4)25)20-13-11-19(12-14-20)22(6-2)7-3/h11-14,18H,5-10,15-16H2,1-4H3. The van der Waals surface area contributed by atoms with Gasteiger partial charge in [0.25, 0.3) is 0 Å². The van der Waals surface area contributed by atoms with Crippen molar-refractivity contribution in [2.24, 2.45) is 0 Å². The van der Waals surface area contributed by atoms with Gasteiger partial charge in [-0.05, 0) is 63.8 Å². The molecule has 1 unspecified atom stereocenters. The second kappa shape index (κ2) is 9.60.